The summed E-state index contributed by atoms with van der Waals surface area (Å²) in [5.74, 6) is 1.02. The second-order valence-corrected chi connectivity index (χ2v) is 6.66. The highest BCUT2D eigenvalue weighted by atomic mass is 16.5. The molecule has 2 saturated heterocycles. The van der Waals surface area contributed by atoms with E-state index in [-0.39, 0.29) is 5.92 Å². The molecule has 3 fully saturated rings. The number of rotatable bonds is 2. The molecule has 4 heteroatoms. The molecule has 2 heterocycles. The maximum absolute atomic E-state index is 12.7. The molecule has 0 bridgehead atoms. The van der Waals surface area contributed by atoms with E-state index in [2.05, 4.69) is 4.90 Å². The van der Waals surface area contributed by atoms with Crippen LogP contribution in [0.4, 0.5) is 0 Å². The first-order chi connectivity index (χ1) is 9.24. The molecular formula is C15H26N2O2. The Labute approximate surface area is 115 Å². The van der Waals surface area contributed by atoms with Crippen LogP contribution in [0.25, 0.3) is 0 Å². The maximum Gasteiger partial charge on any atom is 0.226 e. The summed E-state index contributed by atoms with van der Waals surface area (Å²) in [7, 11) is 0. The molecule has 0 aromatic heterocycles. The van der Waals surface area contributed by atoms with Gasteiger partial charge in [-0.15, -0.1) is 0 Å². The van der Waals surface area contributed by atoms with Crippen molar-refractivity contribution < 1.29 is 9.53 Å². The Morgan fingerprint density at radius 3 is 2.79 bits per heavy atom. The predicted molar refractivity (Wildman–Crippen MR) is 73.6 cm³/mol. The van der Waals surface area contributed by atoms with E-state index in [1.807, 2.05) is 0 Å². The summed E-state index contributed by atoms with van der Waals surface area (Å²) in [6.45, 7) is 4.33. The van der Waals surface area contributed by atoms with E-state index in [1.165, 1.54) is 12.8 Å². The van der Waals surface area contributed by atoms with Gasteiger partial charge < -0.3 is 15.4 Å². The summed E-state index contributed by atoms with van der Waals surface area (Å²) in [4.78, 5) is 14.8. The van der Waals surface area contributed by atoms with Gasteiger partial charge in [-0.05, 0) is 50.0 Å². The lowest BCUT2D eigenvalue weighted by molar-refractivity contribution is -0.136. The molecular weight excluding hydrogens is 240 g/mol. The van der Waals surface area contributed by atoms with Crippen LogP contribution in [-0.4, -0.2) is 43.7 Å². The molecule has 3 rings (SSSR count). The summed E-state index contributed by atoms with van der Waals surface area (Å²) in [6, 6.07) is 0. The molecule has 1 spiro atoms. The van der Waals surface area contributed by atoms with Gasteiger partial charge in [-0.25, -0.2) is 0 Å². The van der Waals surface area contributed by atoms with E-state index in [4.69, 9.17) is 10.5 Å². The number of carbonyl (C=O) groups is 1. The smallest absolute Gasteiger partial charge is 0.226 e. The monoisotopic (exact) mass is 266 g/mol. The standard InChI is InChI=1S/C15H26N2O2/c16-10-12-2-1-3-13(12)14(18)17-7-4-15(11-17)5-8-19-9-6-15/h12-13H,1-11,16H2/t12-,13-/m1/s1. The highest BCUT2D eigenvalue weighted by Crippen LogP contribution is 2.41. The first kappa shape index (κ1) is 13.4. The molecule has 0 aromatic rings. The highest BCUT2D eigenvalue weighted by Gasteiger charge is 2.43. The van der Waals surface area contributed by atoms with Crippen molar-refractivity contribution in [2.75, 3.05) is 32.8 Å². The minimum Gasteiger partial charge on any atom is -0.381 e. The first-order valence-corrected chi connectivity index (χ1v) is 7.81. The largest absolute Gasteiger partial charge is 0.381 e. The summed E-state index contributed by atoms with van der Waals surface area (Å²) in [5.41, 5.74) is 6.18. The Morgan fingerprint density at radius 2 is 2.05 bits per heavy atom. The van der Waals surface area contributed by atoms with Gasteiger partial charge in [0.2, 0.25) is 5.91 Å². The molecule has 2 N–H and O–H groups in total. The molecule has 1 aliphatic carbocycles. The summed E-state index contributed by atoms with van der Waals surface area (Å²) in [6.07, 6.45) is 6.78. The normalized spacial score (nSPS) is 34.1. The van der Waals surface area contributed by atoms with Crippen LogP contribution in [0.1, 0.15) is 38.5 Å². The van der Waals surface area contributed by atoms with Crippen molar-refractivity contribution in [3.8, 4) is 0 Å². The van der Waals surface area contributed by atoms with E-state index < -0.39 is 0 Å². The molecule has 2 aliphatic heterocycles. The van der Waals surface area contributed by atoms with E-state index in [9.17, 15) is 4.79 Å². The van der Waals surface area contributed by atoms with Crippen molar-refractivity contribution in [3.05, 3.63) is 0 Å². The quantitative estimate of drug-likeness (QED) is 0.822. The molecule has 0 radical (unpaired) electrons. The van der Waals surface area contributed by atoms with Gasteiger partial charge in [-0.2, -0.15) is 0 Å². The van der Waals surface area contributed by atoms with Gasteiger partial charge in [-0.1, -0.05) is 6.42 Å². The van der Waals surface area contributed by atoms with E-state index in [0.29, 0.717) is 23.8 Å². The Balaban J connectivity index is 1.62. The van der Waals surface area contributed by atoms with Crippen molar-refractivity contribution in [1.82, 2.24) is 4.90 Å². The average Bonchev–Trinajstić information content (AvgIpc) is 3.06. The number of hydrogen-bond donors (Lipinski definition) is 1. The number of hydrogen-bond acceptors (Lipinski definition) is 3. The molecule has 0 aromatic carbocycles. The molecule has 19 heavy (non-hydrogen) atoms. The molecule has 4 nitrogen and oxygen atoms in total. The molecule has 1 saturated carbocycles. The zero-order chi connectivity index (χ0) is 13.3. The lowest BCUT2D eigenvalue weighted by Crippen LogP contribution is -2.40. The third-order valence-electron chi connectivity index (χ3n) is 5.58. The third kappa shape index (κ3) is 2.52. The first-order valence-electron chi connectivity index (χ1n) is 7.81. The van der Waals surface area contributed by atoms with Crippen molar-refractivity contribution in [2.45, 2.75) is 38.5 Å². The number of nitrogens with zero attached hydrogens (tertiary/aromatic N) is 1. The van der Waals surface area contributed by atoms with Crippen molar-refractivity contribution in [3.63, 3.8) is 0 Å². The van der Waals surface area contributed by atoms with E-state index >= 15 is 0 Å². The SMILES string of the molecule is NC[C@H]1CCC[C@H]1C(=O)N1CCC2(CCOCC2)C1. The third-order valence-corrected chi connectivity index (χ3v) is 5.58. The van der Waals surface area contributed by atoms with Gasteiger partial charge >= 0.3 is 0 Å². The van der Waals surface area contributed by atoms with Crippen molar-refractivity contribution in [2.24, 2.45) is 23.0 Å². The van der Waals surface area contributed by atoms with Crippen LogP contribution in [0, 0.1) is 17.3 Å². The summed E-state index contributed by atoms with van der Waals surface area (Å²) >= 11 is 0. The number of likely N-dealkylation sites (tertiary alicyclic amines) is 1. The predicted octanol–water partition coefficient (Wildman–Crippen LogP) is 1.39. The van der Waals surface area contributed by atoms with Crippen LogP contribution in [0.3, 0.4) is 0 Å². The van der Waals surface area contributed by atoms with Gasteiger partial charge in [0, 0.05) is 32.2 Å². The topological polar surface area (TPSA) is 55.6 Å². The van der Waals surface area contributed by atoms with Crippen molar-refractivity contribution >= 4 is 5.91 Å². The van der Waals surface area contributed by atoms with Crippen LogP contribution < -0.4 is 5.73 Å². The minimum absolute atomic E-state index is 0.208. The second kappa shape index (κ2) is 5.41. The average molecular weight is 266 g/mol. The van der Waals surface area contributed by atoms with Gasteiger partial charge in [0.05, 0.1) is 0 Å². The van der Waals surface area contributed by atoms with Crippen LogP contribution in [-0.2, 0) is 9.53 Å². The lowest BCUT2D eigenvalue weighted by Gasteiger charge is -2.33. The van der Waals surface area contributed by atoms with Crippen LogP contribution in [0.5, 0.6) is 0 Å². The molecule has 3 aliphatic rings. The maximum atomic E-state index is 12.7. The minimum atomic E-state index is 0.208. The summed E-state index contributed by atoms with van der Waals surface area (Å²) < 4.78 is 5.47. The molecule has 2 atom stereocenters. The number of amides is 1. The van der Waals surface area contributed by atoms with Gasteiger partial charge in [-0.3, -0.25) is 4.79 Å². The van der Waals surface area contributed by atoms with Crippen LogP contribution in [0.15, 0.2) is 0 Å². The lowest BCUT2D eigenvalue weighted by atomic mass is 9.79. The number of ether oxygens (including phenoxy) is 1. The molecule has 0 unspecified atom stereocenters. The fraction of sp³-hybridized carbons (Fsp3) is 0.933. The number of carbonyl (C=O) groups excluding carboxylic acids is 1. The highest BCUT2D eigenvalue weighted by molar-refractivity contribution is 5.79. The van der Waals surface area contributed by atoms with Gasteiger partial charge in [0.15, 0.2) is 0 Å². The Kier molecular flexibility index (Phi) is 3.81. The Morgan fingerprint density at radius 1 is 1.26 bits per heavy atom. The fourth-order valence-corrected chi connectivity index (χ4v) is 4.21. The Hall–Kier alpha value is -0.610. The van der Waals surface area contributed by atoms with E-state index in [1.54, 1.807) is 0 Å². The summed E-state index contributed by atoms with van der Waals surface area (Å²) in [5, 5.41) is 0. The van der Waals surface area contributed by atoms with Crippen LogP contribution in [0.2, 0.25) is 0 Å². The molecule has 108 valence electrons. The zero-order valence-electron chi connectivity index (χ0n) is 11.8. The fourth-order valence-electron chi connectivity index (χ4n) is 4.21. The van der Waals surface area contributed by atoms with E-state index in [0.717, 1.165) is 52.0 Å². The van der Waals surface area contributed by atoms with Crippen molar-refractivity contribution in [1.29, 1.82) is 0 Å². The zero-order valence-corrected chi connectivity index (χ0v) is 11.8. The molecule has 1 amide bonds. The second-order valence-electron chi connectivity index (χ2n) is 6.66. The Bertz CT molecular complexity index is 339. The van der Waals surface area contributed by atoms with Gasteiger partial charge in [0.1, 0.15) is 0 Å². The number of nitrogens with two attached hydrogens (primary N) is 1. The van der Waals surface area contributed by atoms with Crippen LogP contribution >= 0.6 is 0 Å². The van der Waals surface area contributed by atoms with Gasteiger partial charge in [0.25, 0.3) is 0 Å².